The fourth-order valence-corrected chi connectivity index (χ4v) is 4.58. The van der Waals surface area contributed by atoms with E-state index in [9.17, 15) is 4.79 Å². The molecule has 5 nitrogen and oxygen atoms in total. The monoisotopic (exact) mass is 386 g/mol. The Hall–Kier alpha value is -2.18. The van der Waals surface area contributed by atoms with Crippen LogP contribution in [0.4, 0.5) is 5.82 Å². The van der Waals surface area contributed by atoms with Gasteiger partial charge in [0.1, 0.15) is 17.0 Å². The van der Waals surface area contributed by atoms with Gasteiger partial charge < -0.3 is 10.2 Å². The van der Waals surface area contributed by atoms with Crippen LogP contribution in [0.15, 0.2) is 30.6 Å². The van der Waals surface area contributed by atoms with Gasteiger partial charge in [0.15, 0.2) is 0 Å². The molecule has 1 aromatic carbocycles. The zero-order valence-corrected chi connectivity index (χ0v) is 16.0. The number of anilines is 1. The maximum atomic E-state index is 12.8. The van der Waals surface area contributed by atoms with Crippen LogP contribution >= 0.6 is 22.9 Å². The molecule has 0 atom stereocenters. The van der Waals surface area contributed by atoms with Gasteiger partial charge in [-0.15, -0.1) is 11.3 Å². The lowest BCUT2D eigenvalue weighted by atomic mass is 10.2. The zero-order valence-electron chi connectivity index (χ0n) is 14.5. The number of rotatable bonds is 4. The molecule has 1 fully saturated rings. The van der Waals surface area contributed by atoms with Crippen molar-refractivity contribution in [2.45, 2.75) is 26.3 Å². The van der Waals surface area contributed by atoms with Crippen LogP contribution in [0.2, 0.25) is 5.02 Å². The first kappa shape index (κ1) is 17.2. The summed E-state index contributed by atoms with van der Waals surface area (Å²) in [6, 6.07) is 7.72. The second-order valence-corrected chi connectivity index (χ2v) is 8.01. The number of carbonyl (C=O) groups excluding carboxylic acids is 1. The highest BCUT2D eigenvalue weighted by atomic mass is 35.5. The molecule has 3 heterocycles. The standard InChI is InChI=1S/C19H19ClN4OS/c1-12-15-16(17(26-12)19(25)24-8-4-5-9-24)22-11-23-18(15)21-10-13-6-2-3-7-14(13)20/h2-3,6-7,11H,4-5,8-10H2,1H3,(H,21,22,23). The van der Waals surface area contributed by atoms with Crippen LogP contribution in [0.5, 0.6) is 0 Å². The number of hydrogen-bond acceptors (Lipinski definition) is 5. The van der Waals surface area contributed by atoms with Gasteiger partial charge >= 0.3 is 0 Å². The summed E-state index contributed by atoms with van der Waals surface area (Å²) in [5.41, 5.74) is 1.74. The van der Waals surface area contributed by atoms with Crippen LogP contribution in [0, 0.1) is 6.92 Å². The smallest absolute Gasteiger partial charge is 0.266 e. The normalized spacial score (nSPS) is 14.2. The van der Waals surface area contributed by atoms with Crippen LogP contribution in [-0.2, 0) is 6.54 Å². The number of nitrogens with zero attached hydrogens (tertiary/aromatic N) is 3. The summed E-state index contributed by atoms with van der Waals surface area (Å²) < 4.78 is 0. The first-order valence-corrected chi connectivity index (χ1v) is 9.85. The highest BCUT2D eigenvalue weighted by Gasteiger charge is 2.25. The van der Waals surface area contributed by atoms with E-state index in [4.69, 9.17) is 11.6 Å². The summed E-state index contributed by atoms with van der Waals surface area (Å²) in [5.74, 6) is 0.825. The van der Waals surface area contributed by atoms with Crippen molar-refractivity contribution in [2.75, 3.05) is 18.4 Å². The maximum Gasteiger partial charge on any atom is 0.266 e. The lowest BCUT2D eigenvalue weighted by molar-refractivity contribution is 0.0799. The summed E-state index contributed by atoms with van der Waals surface area (Å²) in [5, 5.41) is 5.00. The maximum absolute atomic E-state index is 12.8. The number of fused-ring (bicyclic) bond motifs is 1. The molecule has 1 N–H and O–H groups in total. The Bertz CT molecular complexity index is 965. The van der Waals surface area contributed by atoms with Gasteiger partial charge in [-0.05, 0) is 31.4 Å². The third kappa shape index (κ3) is 3.15. The molecular formula is C19H19ClN4OS. The second-order valence-electron chi connectivity index (χ2n) is 6.38. The number of thiophene rings is 1. The molecule has 1 saturated heterocycles. The molecule has 0 bridgehead atoms. The lowest BCUT2D eigenvalue weighted by Gasteiger charge is -2.13. The number of amides is 1. The Balaban J connectivity index is 1.66. The summed E-state index contributed by atoms with van der Waals surface area (Å²) in [7, 11) is 0. The molecule has 1 aliphatic rings. The van der Waals surface area contributed by atoms with Crippen LogP contribution in [0.3, 0.4) is 0 Å². The first-order chi connectivity index (χ1) is 12.6. The Kier molecular flexibility index (Phi) is 4.78. The molecule has 26 heavy (non-hydrogen) atoms. The van der Waals surface area contributed by atoms with Crippen molar-refractivity contribution in [3.63, 3.8) is 0 Å². The number of aryl methyl sites for hydroxylation is 1. The minimum absolute atomic E-state index is 0.0846. The topological polar surface area (TPSA) is 58.1 Å². The molecular weight excluding hydrogens is 368 g/mol. The third-order valence-electron chi connectivity index (χ3n) is 4.66. The van der Waals surface area contributed by atoms with E-state index in [2.05, 4.69) is 15.3 Å². The predicted molar refractivity (Wildman–Crippen MR) is 106 cm³/mol. The van der Waals surface area contributed by atoms with Crippen molar-refractivity contribution in [1.29, 1.82) is 0 Å². The molecule has 0 radical (unpaired) electrons. The molecule has 0 spiro atoms. The summed E-state index contributed by atoms with van der Waals surface area (Å²) in [6.07, 6.45) is 3.67. The van der Waals surface area contributed by atoms with E-state index >= 15 is 0 Å². The van der Waals surface area contributed by atoms with Gasteiger partial charge in [0.25, 0.3) is 5.91 Å². The molecule has 0 unspecified atom stereocenters. The molecule has 7 heteroatoms. The van der Waals surface area contributed by atoms with Gasteiger partial charge in [-0.3, -0.25) is 4.79 Å². The van der Waals surface area contributed by atoms with Gasteiger partial charge in [0.05, 0.1) is 10.9 Å². The van der Waals surface area contributed by atoms with E-state index in [0.717, 1.165) is 58.1 Å². The predicted octanol–water partition coefficient (Wildman–Crippen LogP) is 4.50. The van der Waals surface area contributed by atoms with Crippen LogP contribution in [-0.4, -0.2) is 33.9 Å². The lowest BCUT2D eigenvalue weighted by Crippen LogP contribution is -2.27. The minimum Gasteiger partial charge on any atom is -0.365 e. The Morgan fingerprint density at radius 1 is 1.27 bits per heavy atom. The first-order valence-electron chi connectivity index (χ1n) is 8.66. The highest BCUT2D eigenvalue weighted by molar-refractivity contribution is 7.15. The average molecular weight is 387 g/mol. The van der Waals surface area contributed by atoms with E-state index in [1.54, 1.807) is 0 Å². The van der Waals surface area contributed by atoms with Crippen molar-refractivity contribution >= 4 is 45.6 Å². The SMILES string of the molecule is Cc1sc(C(=O)N2CCCC2)c2ncnc(NCc3ccccc3Cl)c12. The number of benzene rings is 1. The number of halogens is 1. The fourth-order valence-electron chi connectivity index (χ4n) is 3.31. The summed E-state index contributed by atoms with van der Waals surface area (Å²) in [4.78, 5) is 25.3. The molecule has 3 aromatic rings. The molecule has 4 rings (SSSR count). The summed E-state index contributed by atoms with van der Waals surface area (Å²) in [6.45, 7) is 4.24. The fraction of sp³-hybridized carbons (Fsp3) is 0.316. The van der Waals surface area contributed by atoms with Crippen molar-refractivity contribution < 1.29 is 4.79 Å². The van der Waals surface area contributed by atoms with E-state index in [-0.39, 0.29) is 5.91 Å². The molecule has 0 saturated carbocycles. The number of aromatic nitrogens is 2. The Morgan fingerprint density at radius 2 is 2.04 bits per heavy atom. The number of carbonyl (C=O) groups is 1. The number of nitrogens with one attached hydrogen (secondary N) is 1. The van der Waals surface area contributed by atoms with E-state index < -0.39 is 0 Å². The minimum atomic E-state index is 0.0846. The van der Waals surface area contributed by atoms with Crippen molar-refractivity contribution in [3.05, 3.63) is 50.9 Å². The Morgan fingerprint density at radius 3 is 2.81 bits per heavy atom. The van der Waals surface area contributed by atoms with Crippen LogP contribution < -0.4 is 5.32 Å². The average Bonchev–Trinajstić information content (AvgIpc) is 3.29. The van der Waals surface area contributed by atoms with E-state index in [1.165, 1.54) is 17.7 Å². The summed E-state index contributed by atoms with van der Waals surface area (Å²) >= 11 is 7.74. The van der Waals surface area contributed by atoms with E-state index in [0.29, 0.717) is 11.4 Å². The number of hydrogen-bond donors (Lipinski definition) is 1. The Labute approximate surface area is 161 Å². The van der Waals surface area contributed by atoms with Gasteiger partial charge in [0, 0.05) is 29.5 Å². The second kappa shape index (κ2) is 7.21. The van der Waals surface area contributed by atoms with Crippen LogP contribution in [0.25, 0.3) is 10.9 Å². The molecule has 134 valence electrons. The van der Waals surface area contributed by atoms with Gasteiger partial charge in [-0.2, -0.15) is 0 Å². The number of likely N-dealkylation sites (tertiary alicyclic amines) is 1. The molecule has 1 aliphatic heterocycles. The molecule has 2 aromatic heterocycles. The molecule has 0 aliphatic carbocycles. The van der Waals surface area contributed by atoms with Crippen LogP contribution in [0.1, 0.15) is 33.0 Å². The van der Waals surface area contributed by atoms with Crippen molar-refractivity contribution in [2.24, 2.45) is 0 Å². The van der Waals surface area contributed by atoms with Crippen molar-refractivity contribution in [3.8, 4) is 0 Å². The largest absolute Gasteiger partial charge is 0.365 e. The quantitative estimate of drug-likeness (QED) is 0.717. The zero-order chi connectivity index (χ0) is 18.1. The third-order valence-corrected chi connectivity index (χ3v) is 6.11. The molecule has 1 amide bonds. The van der Waals surface area contributed by atoms with Gasteiger partial charge in [-0.1, -0.05) is 29.8 Å². The van der Waals surface area contributed by atoms with Crippen molar-refractivity contribution in [1.82, 2.24) is 14.9 Å². The van der Waals surface area contributed by atoms with Gasteiger partial charge in [-0.25, -0.2) is 9.97 Å². The van der Waals surface area contributed by atoms with E-state index in [1.807, 2.05) is 36.1 Å². The highest BCUT2D eigenvalue weighted by Crippen LogP contribution is 2.34. The van der Waals surface area contributed by atoms with Gasteiger partial charge in [0.2, 0.25) is 0 Å².